The minimum absolute atomic E-state index is 0.164. The van der Waals surface area contributed by atoms with Gasteiger partial charge in [0, 0.05) is 17.1 Å². The van der Waals surface area contributed by atoms with Gasteiger partial charge in [0.25, 0.3) is 0 Å². The van der Waals surface area contributed by atoms with Gasteiger partial charge < -0.3 is 10.4 Å². The van der Waals surface area contributed by atoms with Gasteiger partial charge in [-0.1, -0.05) is 18.2 Å². The van der Waals surface area contributed by atoms with Gasteiger partial charge in [-0.05, 0) is 30.0 Å². The van der Waals surface area contributed by atoms with Gasteiger partial charge in [-0.3, -0.25) is 4.79 Å². The number of benzene rings is 1. The minimum atomic E-state index is -1.01. The Morgan fingerprint density at radius 1 is 1.29 bits per heavy atom. The number of carbonyl (C=O) groups is 2. The molecule has 0 radical (unpaired) electrons. The molecule has 0 aliphatic rings. The molecule has 4 nitrogen and oxygen atoms in total. The van der Waals surface area contributed by atoms with Gasteiger partial charge >= 0.3 is 5.97 Å². The maximum absolute atomic E-state index is 11.9. The first kappa shape index (κ1) is 15.6. The molecule has 0 bridgehead atoms. The number of thiophene rings is 1. The van der Waals surface area contributed by atoms with E-state index < -0.39 is 5.97 Å². The summed E-state index contributed by atoms with van der Waals surface area (Å²) in [6, 6.07) is 9.85. The predicted octanol–water partition coefficient (Wildman–Crippen LogP) is 3.88. The number of aryl methyl sites for hydroxylation is 1. The first-order valence-electron chi connectivity index (χ1n) is 6.37. The highest BCUT2D eigenvalue weighted by atomic mass is 32.2. The van der Waals surface area contributed by atoms with Crippen molar-refractivity contribution in [2.24, 2.45) is 0 Å². The first-order chi connectivity index (χ1) is 10.1. The van der Waals surface area contributed by atoms with Crippen LogP contribution in [0.15, 0.2) is 40.6 Å². The largest absolute Gasteiger partial charge is 0.477 e. The number of carboxylic acid groups (broad SMARTS) is 1. The van der Waals surface area contributed by atoms with Gasteiger partial charge in [0.05, 0.1) is 5.69 Å². The Morgan fingerprint density at radius 2 is 2.00 bits per heavy atom. The SMILES string of the molecule is Cc1csc(C(=O)O)c1NC(=O)CCSc1ccccc1. The van der Waals surface area contributed by atoms with Crippen molar-refractivity contribution in [1.82, 2.24) is 0 Å². The number of hydrogen-bond acceptors (Lipinski definition) is 4. The van der Waals surface area contributed by atoms with Crippen LogP contribution in [0.4, 0.5) is 5.69 Å². The zero-order valence-corrected chi connectivity index (χ0v) is 13.1. The molecule has 1 aromatic heterocycles. The van der Waals surface area contributed by atoms with Crippen molar-refractivity contribution in [3.05, 3.63) is 46.2 Å². The molecular weight excluding hydrogens is 306 g/mol. The predicted molar refractivity (Wildman–Crippen MR) is 86.4 cm³/mol. The minimum Gasteiger partial charge on any atom is -0.477 e. The van der Waals surface area contributed by atoms with Gasteiger partial charge in [0.15, 0.2) is 0 Å². The third kappa shape index (κ3) is 4.34. The number of hydrogen-bond donors (Lipinski definition) is 2. The van der Waals surface area contributed by atoms with Gasteiger partial charge in [0.1, 0.15) is 4.88 Å². The number of rotatable bonds is 6. The first-order valence-corrected chi connectivity index (χ1v) is 8.23. The number of aromatic carboxylic acids is 1. The monoisotopic (exact) mass is 321 g/mol. The lowest BCUT2D eigenvalue weighted by molar-refractivity contribution is -0.115. The molecule has 1 heterocycles. The number of thioether (sulfide) groups is 1. The van der Waals surface area contributed by atoms with Crippen LogP contribution in [0.5, 0.6) is 0 Å². The number of carbonyl (C=O) groups excluding carboxylic acids is 1. The van der Waals surface area contributed by atoms with Crippen LogP contribution in [-0.2, 0) is 4.79 Å². The molecule has 110 valence electrons. The zero-order chi connectivity index (χ0) is 15.2. The maximum atomic E-state index is 11.9. The lowest BCUT2D eigenvalue weighted by Gasteiger charge is -2.06. The smallest absolute Gasteiger partial charge is 0.348 e. The Morgan fingerprint density at radius 3 is 2.67 bits per heavy atom. The van der Waals surface area contributed by atoms with Crippen LogP contribution in [0.25, 0.3) is 0 Å². The zero-order valence-electron chi connectivity index (χ0n) is 11.5. The second-order valence-corrected chi connectivity index (χ2v) is 6.44. The van der Waals surface area contributed by atoms with Crippen molar-refractivity contribution in [1.29, 1.82) is 0 Å². The average molecular weight is 321 g/mol. The molecule has 2 N–H and O–H groups in total. The van der Waals surface area contributed by atoms with E-state index in [-0.39, 0.29) is 10.8 Å². The molecule has 21 heavy (non-hydrogen) atoms. The van der Waals surface area contributed by atoms with Crippen molar-refractivity contribution in [2.45, 2.75) is 18.2 Å². The summed E-state index contributed by atoms with van der Waals surface area (Å²) in [4.78, 5) is 24.3. The topological polar surface area (TPSA) is 66.4 Å². The second kappa shape index (κ2) is 7.28. The summed E-state index contributed by atoms with van der Waals surface area (Å²) in [6.07, 6.45) is 0.341. The quantitative estimate of drug-likeness (QED) is 0.793. The van der Waals surface area contributed by atoms with Crippen molar-refractivity contribution < 1.29 is 14.7 Å². The maximum Gasteiger partial charge on any atom is 0.348 e. The molecule has 0 fully saturated rings. The van der Waals surface area contributed by atoms with E-state index in [4.69, 9.17) is 5.11 Å². The molecule has 0 saturated carbocycles. The van der Waals surface area contributed by atoms with Crippen molar-refractivity contribution in [3.63, 3.8) is 0 Å². The molecule has 0 spiro atoms. The summed E-state index contributed by atoms with van der Waals surface area (Å²) in [5, 5.41) is 13.5. The van der Waals surface area contributed by atoms with Gasteiger partial charge in [0.2, 0.25) is 5.91 Å². The fourth-order valence-electron chi connectivity index (χ4n) is 1.74. The molecule has 0 aliphatic carbocycles. The molecule has 0 unspecified atom stereocenters. The van der Waals surface area contributed by atoms with E-state index in [0.717, 1.165) is 21.8 Å². The van der Waals surface area contributed by atoms with E-state index >= 15 is 0 Å². The summed E-state index contributed by atoms with van der Waals surface area (Å²) in [5.74, 6) is -0.522. The number of nitrogens with one attached hydrogen (secondary N) is 1. The van der Waals surface area contributed by atoms with E-state index in [1.165, 1.54) is 0 Å². The fraction of sp³-hybridized carbons (Fsp3) is 0.200. The summed E-state index contributed by atoms with van der Waals surface area (Å²) < 4.78 is 0. The van der Waals surface area contributed by atoms with Crippen LogP contribution in [0, 0.1) is 6.92 Å². The molecule has 0 saturated heterocycles. The van der Waals surface area contributed by atoms with Crippen molar-refractivity contribution in [3.8, 4) is 0 Å². The molecule has 0 atom stereocenters. The Bertz CT molecular complexity index is 638. The standard InChI is InChI=1S/C15H15NO3S2/c1-10-9-21-14(15(18)19)13(10)16-12(17)7-8-20-11-5-3-2-4-6-11/h2-6,9H,7-8H2,1H3,(H,16,17)(H,18,19). The van der Waals surface area contributed by atoms with Crippen molar-refractivity contribution >= 4 is 40.7 Å². The lowest BCUT2D eigenvalue weighted by Crippen LogP contribution is -2.14. The molecule has 6 heteroatoms. The Hall–Kier alpha value is -1.79. The third-order valence-corrected chi connectivity index (χ3v) is 4.87. The van der Waals surface area contributed by atoms with E-state index in [1.807, 2.05) is 30.3 Å². The average Bonchev–Trinajstić information content (AvgIpc) is 2.81. The van der Waals surface area contributed by atoms with Crippen LogP contribution < -0.4 is 5.32 Å². The van der Waals surface area contributed by atoms with Crippen molar-refractivity contribution in [2.75, 3.05) is 11.1 Å². The van der Waals surface area contributed by atoms with Crippen LogP contribution in [0.2, 0.25) is 0 Å². The molecule has 1 aromatic carbocycles. The Labute approximate surface area is 131 Å². The highest BCUT2D eigenvalue weighted by Crippen LogP contribution is 2.28. The number of anilines is 1. The lowest BCUT2D eigenvalue weighted by atomic mass is 10.2. The summed E-state index contributed by atoms with van der Waals surface area (Å²) in [5.41, 5.74) is 1.20. The van der Waals surface area contributed by atoms with E-state index in [9.17, 15) is 9.59 Å². The summed E-state index contributed by atoms with van der Waals surface area (Å²) in [6.45, 7) is 1.79. The van der Waals surface area contributed by atoms with Crippen LogP contribution >= 0.6 is 23.1 Å². The molecule has 1 amide bonds. The van der Waals surface area contributed by atoms with Crippen LogP contribution in [0.1, 0.15) is 21.7 Å². The highest BCUT2D eigenvalue weighted by Gasteiger charge is 2.17. The van der Waals surface area contributed by atoms with Gasteiger partial charge in [-0.15, -0.1) is 23.1 Å². The van der Waals surface area contributed by atoms with Crippen LogP contribution in [0.3, 0.4) is 0 Å². The Balaban J connectivity index is 1.88. The Kier molecular flexibility index (Phi) is 5.41. The number of amides is 1. The molecule has 2 aromatic rings. The van der Waals surface area contributed by atoms with E-state index in [2.05, 4.69) is 5.32 Å². The van der Waals surface area contributed by atoms with Gasteiger partial charge in [-0.2, -0.15) is 0 Å². The number of carboxylic acids is 1. The van der Waals surface area contributed by atoms with Gasteiger partial charge in [-0.25, -0.2) is 4.79 Å². The van der Waals surface area contributed by atoms with E-state index in [1.54, 1.807) is 24.1 Å². The molecule has 2 rings (SSSR count). The highest BCUT2D eigenvalue weighted by molar-refractivity contribution is 7.99. The van der Waals surface area contributed by atoms with E-state index in [0.29, 0.717) is 17.9 Å². The normalized spacial score (nSPS) is 10.3. The second-order valence-electron chi connectivity index (χ2n) is 4.39. The fourth-order valence-corrected chi connectivity index (χ4v) is 3.45. The third-order valence-electron chi connectivity index (χ3n) is 2.77. The summed E-state index contributed by atoms with van der Waals surface area (Å²) in [7, 11) is 0. The molecular formula is C15H15NO3S2. The molecule has 0 aliphatic heterocycles. The van der Waals surface area contributed by atoms with Crippen LogP contribution in [-0.4, -0.2) is 22.7 Å². The summed E-state index contributed by atoms with van der Waals surface area (Å²) >= 11 is 2.73.